The molecule has 2 unspecified atom stereocenters. The van der Waals surface area contributed by atoms with Gasteiger partial charge in [0.1, 0.15) is 16.8 Å². The first-order chi connectivity index (χ1) is 11.2. The maximum atomic E-state index is 13.7. The summed E-state index contributed by atoms with van der Waals surface area (Å²) in [5.41, 5.74) is 0. The van der Waals surface area contributed by atoms with Crippen molar-refractivity contribution in [3.63, 3.8) is 0 Å². The topological polar surface area (TPSA) is 104 Å². The zero-order chi connectivity index (χ0) is 17.9. The first-order valence-corrected chi connectivity index (χ1v) is 9.02. The van der Waals surface area contributed by atoms with E-state index in [4.69, 9.17) is 0 Å². The van der Waals surface area contributed by atoms with E-state index in [-0.39, 0.29) is 6.54 Å². The van der Waals surface area contributed by atoms with Crippen molar-refractivity contribution in [2.75, 3.05) is 6.54 Å². The van der Waals surface area contributed by atoms with Gasteiger partial charge in [-0.25, -0.2) is 17.6 Å². The standard InChI is InChI=1S/C15H19FN2O5S/c1-10(14(19)18-9-5-4-7-12(18)15(20)21)17-24(22,23)13-8-3-2-6-11(13)16/h2-3,6,8,10,12,17H,4-5,7,9H2,1H3,(H,20,21). The lowest BCUT2D eigenvalue weighted by Crippen LogP contribution is -2.54. The molecule has 0 bridgehead atoms. The van der Waals surface area contributed by atoms with Crippen LogP contribution in [0.15, 0.2) is 29.2 Å². The highest BCUT2D eigenvalue weighted by molar-refractivity contribution is 7.89. The molecule has 1 fully saturated rings. The first-order valence-electron chi connectivity index (χ1n) is 7.54. The van der Waals surface area contributed by atoms with Crippen LogP contribution in [0.3, 0.4) is 0 Å². The van der Waals surface area contributed by atoms with Gasteiger partial charge >= 0.3 is 5.97 Å². The van der Waals surface area contributed by atoms with E-state index >= 15 is 0 Å². The fourth-order valence-corrected chi connectivity index (χ4v) is 3.99. The lowest BCUT2D eigenvalue weighted by atomic mass is 10.0. The van der Waals surface area contributed by atoms with Gasteiger partial charge in [-0.05, 0) is 38.3 Å². The van der Waals surface area contributed by atoms with E-state index in [1.807, 2.05) is 0 Å². The van der Waals surface area contributed by atoms with Crippen molar-refractivity contribution in [2.45, 2.75) is 43.2 Å². The van der Waals surface area contributed by atoms with Gasteiger partial charge in [0.2, 0.25) is 15.9 Å². The number of hydrogen-bond donors (Lipinski definition) is 2. The Kier molecular flexibility index (Phi) is 5.55. The molecule has 0 spiro atoms. The molecule has 1 aliphatic rings. The Morgan fingerprint density at radius 2 is 2.00 bits per heavy atom. The molecule has 1 heterocycles. The van der Waals surface area contributed by atoms with Crippen LogP contribution in [0.1, 0.15) is 26.2 Å². The monoisotopic (exact) mass is 358 g/mol. The van der Waals surface area contributed by atoms with Crippen LogP contribution in [0.5, 0.6) is 0 Å². The normalized spacial score (nSPS) is 19.8. The maximum absolute atomic E-state index is 13.7. The predicted molar refractivity (Wildman–Crippen MR) is 83.2 cm³/mol. The van der Waals surface area contributed by atoms with E-state index < -0.39 is 44.7 Å². The van der Waals surface area contributed by atoms with Gasteiger partial charge in [-0.2, -0.15) is 4.72 Å². The summed E-state index contributed by atoms with van der Waals surface area (Å²) in [7, 11) is -4.23. The summed E-state index contributed by atoms with van der Waals surface area (Å²) in [5, 5.41) is 9.20. The van der Waals surface area contributed by atoms with Crippen molar-refractivity contribution >= 4 is 21.9 Å². The molecule has 2 N–H and O–H groups in total. The summed E-state index contributed by atoms with van der Waals surface area (Å²) in [6, 6.07) is 2.66. The third-order valence-electron chi connectivity index (χ3n) is 3.90. The van der Waals surface area contributed by atoms with Gasteiger partial charge in [0, 0.05) is 6.54 Å². The third kappa shape index (κ3) is 3.90. The van der Waals surface area contributed by atoms with Crippen LogP contribution in [0.4, 0.5) is 4.39 Å². The molecule has 2 atom stereocenters. The molecule has 0 radical (unpaired) electrons. The van der Waals surface area contributed by atoms with Gasteiger partial charge in [0.25, 0.3) is 0 Å². The summed E-state index contributed by atoms with van der Waals surface area (Å²) in [5.74, 6) is -2.68. The number of carboxylic acids is 1. The Bertz CT molecular complexity index is 737. The second-order valence-electron chi connectivity index (χ2n) is 5.65. The molecule has 7 nitrogen and oxygen atoms in total. The molecule has 1 aromatic rings. The van der Waals surface area contributed by atoms with Crippen molar-refractivity contribution in [3.05, 3.63) is 30.1 Å². The molecule has 132 valence electrons. The maximum Gasteiger partial charge on any atom is 0.326 e. The number of piperidine rings is 1. The van der Waals surface area contributed by atoms with Crippen molar-refractivity contribution in [1.82, 2.24) is 9.62 Å². The Balaban J connectivity index is 2.16. The van der Waals surface area contributed by atoms with Crippen LogP contribution in [0.2, 0.25) is 0 Å². The average Bonchev–Trinajstić information content (AvgIpc) is 2.53. The molecule has 0 aliphatic carbocycles. The Morgan fingerprint density at radius 3 is 2.62 bits per heavy atom. The number of benzene rings is 1. The second kappa shape index (κ2) is 7.27. The Labute approximate surface area is 139 Å². The highest BCUT2D eigenvalue weighted by Crippen LogP contribution is 2.19. The Hall–Kier alpha value is -2.00. The number of nitrogens with one attached hydrogen (secondary N) is 1. The second-order valence-corrected chi connectivity index (χ2v) is 7.34. The highest BCUT2D eigenvalue weighted by atomic mass is 32.2. The molecule has 1 aliphatic heterocycles. The van der Waals surface area contributed by atoms with Crippen LogP contribution in [-0.4, -0.2) is 48.9 Å². The van der Waals surface area contributed by atoms with Gasteiger partial charge in [-0.15, -0.1) is 0 Å². The number of hydrogen-bond acceptors (Lipinski definition) is 4. The minimum absolute atomic E-state index is 0.252. The largest absolute Gasteiger partial charge is 0.480 e. The lowest BCUT2D eigenvalue weighted by Gasteiger charge is -2.34. The van der Waals surface area contributed by atoms with Crippen LogP contribution < -0.4 is 4.72 Å². The molecule has 9 heteroatoms. The number of carbonyl (C=O) groups is 2. The van der Waals surface area contributed by atoms with E-state index in [9.17, 15) is 27.5 Å². The molecule has 0 saturated carbocycles. The summed E-state index contributed by atoms with van der Waals surface area (Å²) >= 11 is 0. The number of likely N-dealkylation sites (tertiary alicyclic amines) is 1. The predicted octanol–water partition coefficient (Wildman–Crippen LogP) is 0.958. The van der Waals surface area contributed by atoms with Crippen molar-refractivity contribution in [1.29, 1.82) is 0 Å². The van der Waals surface area contributed by atoms with Gasteiger partial charge in [0.15, 0.2) is 0 Å². The molecule has 1 saturated heterocycles. The van der Waals surface area contributed by atoms with Crippen LogP contribution >= 0.6 is 0 Å². The minimum atomic E-state index is -4.23. The van der Waals surface area contributed by atoms with Gasteiger partial charge < -0.3 is 10.0 Å². The molecule has 24 heavy (non-hydrogen) atoms. The molecule has 1 amide bonds. The SMILES string of the molecule is CC(NS(=O)(=O)c1ccccc1F)C(=O)N1CCCCC1C(=O)O. The molecule has 0 aromatic heterocycles. The fourth-order valence-electron chi connectivity index (χ4n) is 2.71. The molecule has 2 rings (SSSR count). The number of sulfonamides is 1. The van der Waals surface area contributed by atoms with Gasteiger partial charge in [0.05, 0.1) is 6.04 Å². The zero-order valence-corrected chi connectivity index (χ0v) is 13.9. The van der Waals surface area contributed by atoms with E-state index in [1.165, 1.54) is 24.0 Å². The van der Waals surface area contributed by atoms with E-state index in [0.29, 0.717) is 19.3 Å². The quantitative estimate of drug-likeness (QED) is 0.816. The van der Waals surface area contributed by atoms with Crippen LogP contribution in [0.25, 0.3) is 0 Å². The minimum Gasteiger partial charge on any atom is -0.480 e. The number of rotatable bonds is 5. The number of carboxylic acid groups (broad SMARTS) is 1. The average molecular weight is 358 g/mol. The number of carbonyl (C=O) groups excluding carboxylic acids is 1. The van der Waals surface area contributed by atoms with E-state index in [1.54, 1.807) is 0 Å². The molecular weight excluding hydrogens is 339 g/mol. The summed E-state index contributed by atoms with van der Waals surface area (Å²) in [6.07, 6.45) is 1.67. The summed E-state index contributed by atoms with van der Waals surface area (Å²) in [4.78, 5) is 24.3. The third-order valence-corrected chi connectivity index (χ3v) is 5.47. The Morgan fingerprint density at radius 1 is 1.33 bits per heavy atom. The number of amides is 1. The number of halogens is 1. The van der Waals surface area contributed by atoms with E-state index in [2.05, 4.69) is 4.72 Å². The first kappa shape index (κ1) is 18.3. The van der Waals surface area contributed by atoms with Crippen LogP contribution in [-0.2, 0) is 19.6 Å². The molecular formula is C15H19FN2O5S. The van der Waals surface area contributed by atoms with Crippen LogP contribution in [0, 0.1) is 5.82 Å². The van der Waals surface area contributed by atoms with Gasteiger partial charge in [-0.1, -0.05) is 12.1 Å². The zero-order valence-electron chi connectivity index (χ0n) is 13.1. The highest BCUT2D eigenvalue weighted by Gasteiger charge is 2.35. The number of aliphatic carboxylic acids is 1. The lowest BCUT2D eigenvalue weighted by molar-refractivity contribution is -0.152. The molecule has 1 aromatic carbocycles. The summed E-state index contributed by atoms with van der Waals surface area (Å²) in [6.45, 7) is 1.57. The fraction of sp³-hybridized carbons (Fsp3) is 0.467. The van der Waals surface area contributed by atoms with Crippen molar-refractivity contribution in [3.8, 4) is 0 Å². The van der Waals surface area contributed by atoms with Crippen molar-refractivity contribution in [2.24, 2.45) is 0 Å². The van der Waals surface area contributed by atoms with Crippen molar-refractivity contribution < 1.29 is 27.5 Å². The summed E-state index contributed by atoms with van der Waals surface area (Å²) < 4.78 is 40.2. The van der Waals surface area contributed by atoms with E-state index in [0.717, 1.165) is 12.1 Å². The van der Waals surface area contributed by atoms with Gasteiger partial charge in [-0.3, -0.25) is 4.79 Å². The number of nitrogens with zero attached hydrogens (tertiary/aromatic N) is 1. The smallest absolute Gasteiger partial charge is 0.326 e.